The molecule has 9 heteroatoms. The summed E-state index contributed by atoms with van der Waals surface area (Å²) in [6.07, 6.45) is 44.3. The zero-order valence-electron chi connectivity index (χ0n) is 32.8. The second-order valence-corrected chi connectivity index (χ2v) is 15.2. The Morgan fingerprint density at radius 3 is 1.41 bits per heavy atom. The van der Waals surface area contributed by atoms with Crippen molar-refractivity contribution in [2.75, 3.05) is 13.2 Å². The number of carbonyl (C=O) groups is 2. The summed E-state index contributed by atoms with van der Waals surface area (Å²) in [5.41, 5.74) is 0. The topological polar surface area (TPSA) is 119 Å². The lowest BCUT2D eigenvalue weighted by Gasteiger charge is -2.18. The fourth-order valence-corrected chi connectivity index (χ4v) is 6.22. The Bertz CT molecular complexity index is 926. The van der Waals surface area contributed by atoms with Crippen LogP contribution in [-0.2, 0) is 28.2 Å². The van der Waals surface area contributed by atoms with Crippen LogP contribution >= 0.6 is 7.82 Å². The van der Waals surface area contributed by atoms with Gasteiger partial charge in [-0.3, -0.25) is 14.1 Å². The lowest BCUT2D eigenvalue weighted by Crippen LogP contribution is -2.29. The van der Waals surface area contributed by atoms with Gasteiger partial charge in [-0.15, -0.1) is 0 Å². The molecule has 1 atom stereocenters. The zero-order chi connectivity index (χ0) is 37.5. The van der Waals surface area contributed by atoms with Gasteiger partial charge in [-0.25, -0.2) is 4.57 Å². The van der Waals surface area contributed by atoms with Crippen molar-refractivity contribution < 1.29 is 37.9 Å². The van der Waals surface area contributed by atoms with Crippen molar-refractivity contribution in [3.05, 3.63) is 36.5 Å². The van der Waals surface area contributed by atoms with E-state index in [0.29, 0.717) is 6.42 Å². The molecule has 0 aromatic carbocycles. The molecule has 0 radical (unpaired) electrons. The first kappa shape index (κ1) is 49.3. The highest BCUT2D eigenvalue weighted by Crippen LogP contribution is 2.36. The van der Waals surface area contributed by atoms with Gasteiger partial charge in [0, 0.05) is 12.8 Å². The van der Waals surface area contributed by atoms with Crippen LogP contribution in [0.1, 0.15) is 200 Å². The maximum Gasteiger partial charge on any atom is 0.469 e. The quantitative estimate of drug-likeness (QED) is 0.0278. The molecule has 2 N–H and O–H groups in total. The Balaban J connectivity index is 3.92. The third kappa shape index (κ3) is 40.9. The van der Waals surface area contributed by atoms with Crippen LogP contribution in [0.25, 0.3) is 0 Å². The molecule has 0 aliphatic carbocycles. The molecule has 0 aromatic heterocycles. The van der Waals surface area contributed by atoms with Crippen molar-refractivity contribution >= 4 is 19.8 Å². The van der Waals surface area contributed by atoms with Gasteiger partial charge in [0.25, 0.3) is 0 Å². The molecular weight excluding hydrogens is 663 g/mol. The van der Waals surface area contributed by atoms with Crippen molar-refractivity contribution in [3.63, 3.8) is 0 Å². The van der Waals surface area contributed by atoms with Crippen LogP contribution in [0, 0.1) is 0 Å². The SMILES string of the molecule is CC/C=C\C/C=C\C/C=C\CCCCCCCCCC(=O)OC(COC(=O)CCCCCCCCCCCCCCCCCC)COP(=O)(O)O. The number of esters is 2. The number of hydrogen-bond donors (Lipinski definition) is 2. The largest absolute Gasteiger partial charge is 0.469 e. The summed E-state index contributed by atoms with van der Waals surface area (Å²) < 4.78 is 26.4. The molecule has 0 saturated carbocycles. The van der Waals surface area contributed by atoms with E-state index in [1.807, 2.05) is 0 Å². The summed E-state index contributed by atoms with van der Waals surface area (Å²) in [5, 5.41) is 0. The smallest absolute Gasteiger partial charge is 0.462 e. The fraction of sp³-hybridized carbons (Fsp3) is 0.810. The number of rotatable bonds is 38. The van der Waals surface area contributed by atoms with E-state index in [-0.39, 0.29) is 19.4 Å². The summed E-state index contributed by atoms with van der Waals surface area (Å²) in [6, 6.07) is 0. The molecule has 0 bridgehead atoms. The normalized spacial score (nSPS) is 12.8. The Hall–Kier alpha value is -1.73. The number of carbonyl (C=O) groups excluding carboxylic acids is 2. The molecule has 0 heterocycles. The third-order valence-corrected chi connectivity index (χ3v) is 9.41. The van der Waals surface area contributed by atoms with Gasteiger partial charge in [0.2, 0.25) is 0 Å². The number of phosphoric ester groups is 1. The van der Waals surface area contributed by atoms with Crippen LogP contribution in [-0.4, -0.2) is 41.0 Å². The molecule has 298 valence electrons. The van der Waals surface area contributed by atoms with Gasteiger partial charge in [-0.05, 0) is 44.9 Å². The van der Waals surface area contributed by atoms with E-state index >= 15 is 0 Å². The standard InChI is InChI=1S/C42H77O8P/c1-3-5-7-9-11-13-15-17-19-21-23-25-27-29-31-33-35-37-42(44)50-40(39-49-51(45,46)47)38-48-41(43)36-34-32-30-28-26-24-22-20-18-16-14-12-10-8-6-4-2/h5,7,11,13,17,19,40H,3-4,6,8-10,12,14-16,18,20-39H2,1-2H3,(H2,45,46,47)/b7-5-,13-11-,19-17-. The van der Waals surface area contributed by atoms with Crippen LogP contribution in [0.4, 0.5) is 0 Å². The summed E-state index contributed by atoms with van der Waals surface area (Å²) in [6.45, 7) is 3.58. The van der Waals surface area contributed by atoms with Crippen LogP contribution in [0.15, 0.2) is 36.5 Å². The molecule has 0 fully saturated rings. The second-order valence-electron chi connectivity index (χ2n) is 13.9. The molecule has 0 aromatic rings. The highest BCUT2D eigenvalue weighted by atomic mass is 31.2. The Morgan fingerprint density at radius 2 is 0.941 bits per heavy atom. The minimum absolute atomic E-state index is 0.202. The number of ether oxygens (including phenoxy) is 2. The predicted octanol–water partition coefficient (Wildman–Crippen LogP) is 12.6. The first-order valence-electron chi connectivity index (χ1n) is 20.8. The zero-order valence-corrected chi connectivity index (χ0v) is 33.6. The molecule has 1 unspecified atom stereocenters. The summed E-state index contributed by atoms with van der Waals surface area (Å²) in [4.78, 5) is 42.8. The Morgan fingerprint density at radius 1 is 0.529 bits per heavy atom. The number of allylic oxidation sites excluding steroid dienone is 6. The summed E-state index contributed by atoms with van der Waals surface area (Å²) >= 11 is 0. The monoisotopic (exact) mass is 741 g/mol. The molecule has 0 aliphatic rings. The van der Waals surface area contributed by atoms with Crippen LogP contribution in [0.3, 0.4) is 0 Å². The van der Waals surface area contributed by atoms with E-state index < -0.39 is 32.5 Å². The average Bonchev–Trinajstić information content (AvgIpc) is 3.10. The molecule has 0 spiro atoms. The minimum atomic E-state index is -4.75. The van der Waals surface area contributed by atoms with E-state index in [9.17, 15) is 14.2 Å². The van der Waals surface area contributed by atoms with Crippen LogP contribution < -0.4 is 0 Å². The van der Waals surface area contributed by atoms with Crippen LogP contribution in [0.5, 0.6) is 0 Å². The van der Waals surface area contributed by atoms with Gasteiger partial charge in [-0.2, -0.15) is 0 Å². The molecule has 0 saturated heterocycles. The highest BCUT2D eigenvalue weighted by molar-refractivity contribution is 7.46. The Labute approximate surface area is 312 Å². The average molecular weight is 741 g/mol. The lowest BCUT2D eigenvalue weighted by molar-refractivity contribution is -0.161. The maximum atomic E-state index is 12.4. The van der Waals surface area contributed by atoms with Gasteiger partial charge in [0.05, 0.1) is 6.61 Å². The number of phosphoric acid groups is 1. The van der Waals surface area contributed by atoms with Crippen molar-refractivity contribution in [1.82, 2.24) is 0 Å². The van der Waals surface area contributed by atoms with Gasteiger partial charge in [0.15, 0.2) is 6.10 Å². The first-order valence-corrected chi connectivity index (χ1v) is 22.3. The van der Waals surface area contributed by atoms with E-state index in [2.05, 4.69) is 54.8 Å². The molecule has 0 rings (SSSR count). The van der Waals surface area contributed by atoms with Crippen LogP contribution in [0.2, 0.25) is 0 Å². The highest BCUT2D eigenvalue weighted by Gasteiger charge is 2.22. The number of unbranched alkanes of at least 4 members (excludes halogenated alkanes) is 22. The lowest BCUT2D eigenvalue weighted by atomic mass is 10.0. The van der Waals surface area contributed by atoms with Crippen molar-refractivity contribution in [2.24, 2.45) is 0 Å². The van der Waals surface area contributed by atoms with Gasteiger partial charge in [0.1, 0.15) is 6.61 Å². The van der Waals surface area contributed by atoms with E-state index in [1.54, 1.807) is 0 Å². The molecule has 0 amide bonds. The van der Waals surface area contributed by atoms with E-state index in [0.717, 1.165) is 64.2 Å². The van der Waals surface area contributed by atoms with Crippen molar-refractivity contribution in [1.29, 1.82) is 0 Å². The second kappa shape index (κ2) is 38.0. The Kier molecular flexibility index (Phi) is 36.7. The maximum absolute atomic E-state index is 12.4. The number of hydrogen-bond acceptors (Lipinski definition) is 6. The summed E-state index contributed by atoms with van der Waals surface area (Å²) in [7, 11) is -4.75. The fourth-order valence-electron chi connectivity index (χ4n) is 5.86. The van der Waals surface area contributed by atoms with Crippen molar-refractivity contribution in [2.45, 2.75) is 206 Å². The summed E-state index contributed by atoms with van der Waals surface area (Å²) in [5.74, 6) is -0.890. The first-order chi connectivity index (χ1) is 24.8. The minimum Gasteiger partial charge on any atom is -0.462 e. The van der Waals surface area contributed by atoms with Gasteiger partial charge < -0.3 is 19.3 Å². The molecular formula is C42H77O8P. The molecule has 8 nitrogen and oxygen atoms in total. The van der Waals surface area contributed by atoms with E-state index in [1.165, 1.54) is 103 Å². The molecule has 51 heavy (non-hydrogen) atoms. The predicted molar refractivity (Wildman–Crippen MR) is 211 cm³/mol. The van der Waals surface area contributed by atoms with Crippen molar-refractivity contribution in [3.8, 4) is 0 Å². The van der Waals surface area contributed by atoms with Gasteiger partial charge in [-0.1, -0.05) is 179 Å². The van der Waals surface area contributed by atoms with E-state index in [4.69, 9.17) is 19.3 Å². The van der Waals surface area contributed by atoms with Gasteiger partial charge >= 0.3 is 19.8 Å². The third-order valence-electron chi connectivity index (χ3n) is 8.92. The molecule has 0 aliphatic heterocycles.